The maximum absolute atomic E-state index is 13.3. The standard InChI is InChI=1S/C24H29NO5/c1-7-11-30-23(27)19-14(2)25-16-12-24(3,4)13-17(26)21(16)20(19)15-9-8-10-18(28-5)22(15)29-6/h7-10,20,25H,1,11-13H2,2-6H3/t20-/m0/s1. The van der Waals surface area contributed by atoms with E-state index in [1.54, 1.807) is 20.3 Å². The van der Waals surface area contributed by atoms with Gasteiger partial charge in [0.25, 0.3) is 0 Å². The Labute approximate surface area is 177 Å². The van der Waals surface area contributed by atoms with E-state index in [1.807, 2.05) is 19.1 Å². The summed E-state index contributed by atoms with van der Waals surface area (Å²) < 4.78 is 16.5. The van der Waals surface area contributed by atoms with Gasteiger partial charge in [-0.2, -0.15) is 0 Å². The average Bonchev–Trinajstić information content (AvgIpc) is 2.69. The third kappa shape index (κ3) is 3.86. The number of allylic oxidation sites excluding steroid dienone is 3. The molecule has 1 aliphatic heterocycles. The quantitative estimate of drug-likeness (QED) is 0.563. The Kier molecular flexibility index (Phi) is 6.06. The lowest BCUT2D eigenvalue weighted by Crippen LogP contribution is -2.38. The van der Waals surface area contributed by atoms with Crippen molar-refractivity contribution < 1.29 is 23.8 Å². The Balaban J connectivity index is 2.25. The molecule has 6 heteroatoms. The Hall–Kier alpha value is -3.02. The van der Waals surface area contributed by atoms with Crippen LogP contribution in [0.15, 0.2) is 53.4 Å². The molecule has 0 amide bonds. The zero-order valence-electron chi connectivity index (χ0n) is 18.3. The number of carbonyl (C=O) groups is 2. The third-order valence-electron chi connectivity index (χ3n) is 5.54. The van der Waals surface area contributed by atoms with Crippen LogP contribution in [0.4, 0.5) is 0 Å². The summed E-state index contributed by atoms with van der Waals surface area (Å²) in [5, 5.41) is 3.32. The molecule has 3 rings (SSSR count). The molecule has 1 aromatic rings. The molecule has 0 bridgehead atoms. The first-order chi connectivity index (χ1) is 14.2. The Morgan fingerprint density at radius 3 is 2.63 bits per heavy atom. The molecule has 0 aromatic heterocycles. The third-order valence-corrected chi connectivity index (χ3v) is 5.54. The van der Waals surface area contributed by atoms with E-state index in [9.17, 15) is 9.59 Å². The number of para-hydroxylation sites is 1. The normalized spacial score (nSPS) is 20.3. The largest absolute Gasteiger partial charge is 0.493 e. The number of dihydropyridines is 1. The number of hydrogen-bond acceptors (Lipinski definition) is 6. The number of ether oxygens (including phenoxy) is 3. The molecule has 0 saturated heterocycles. The predicted molar refractivity (Wildman–Crippen MR) is 114 cm³/mol. The van der Waals surface area contributed by atoms with E-state index in [2.05, 4.69) is 25.7 Å². The average molecular weight is 411 g/mol. The molecule has 2 aliphatic rings. The minimum atomic E-state index is -0.604. The highest BCUT2D eigenvalue weighted by Gasteiger charge is 2.44. The summed E-state index contributed by atoms with van der Waals surface area (Å²) in [6, 6.07) is 5.48. The van der Waals surface area contributed by atoms with Gasteiger partial charge in [0.2, 0.25) is 0 Å². The van der Waals surface area contributed by atoms with Gasteiger partial charge in [0.05, 0.1) is 25.7 Å². The SMILES string of the molecule is C=CCOC(=O)C1=C(C)NC2=C(C(=O)CC(C)(C)C2)[C@H]1c1cccc(OC)c1OC. The van der Waals surface area contributed by atoms with Crippen molar-refractivity contribution >= 4 is 11.8 Å². The molecule has 1 aromatic carbocycles. The number of methoxy groups -OCH3 is 2. The second kappa shape index (κ2) is 8.38. The number of Topliss-reactive ketones (excluding diaryl/α,β-unsaturated/α-hetero) is 1. The van der Waals surface area contributed by atoms with Crippen LogP contribution in [0.3, 0.4) is 0 Å². The molecule has 0 fully saturated rings. The highest BCUT2D eigenvalue weighted by Crippen LogP contribution is 2.50. The number of esters is 1. The molecule has 0 unspecified atom stereocenters. The predicted octanol–water partition coefficient (Wildman–Crippen LogP) is 4.04. The first-order valence-corrected chi connectivity index (χ1v) is 9.97. The number of nitrogens with one attached hydrogen (secondary N) is 1. The van der Waals surface area contributed by atoms with Crippen LogP contribution in [0.5, 0.6) is 11.5 Å². The van der Waals surface area contributed by atoms with Crippen molar-refractivity contribution in [3.8, 4) is 11.5 Å². The van der Waals surface area contributed by atoms with Crippen molar-refractivity contribution in [2.45, 2.75) is 39.5 Å². The first kappa shape index (κ1) is 21.7. The number of benzene rings is 1. The van der Waals surface area contributed by atoms with Gasteiger partial charge in [-0.05, 0) is 24.8 Å². The molecule has 0 spiro atoms. The molecule has 160 valence electrons. The number of rotatable bonds is 6. The molecule has 0 saturated carbocycles. The maximum Gasteiger partial charge on any atom is 0.337 e. The smallest absolute Gasteiger partial charge is 0.337 e. The van der Waals surface area contributed by atoms with Gasteiger partial charge in [0, 0.05) is 29.0 Å². The van der Waals surface area contributed by atoms with E-state index in [0.717, 1.165) is 5.70 Å². The number of carbonyl (C=O) groups excluding carboxylic acids is 2. The van der Waals surface area contributed by atoms with Crippen LogP contribution in [0.1, 0.15) is 45.1 Å². The van der Waals surface area contributed by atoms with E-state index in [0.29, 0.717) is 46.7 Å². The van der Waals surface area contributed by atoms with Gasteiger partial charge in [-0.3, -0.25) is 4.79 Å². The monoisotopic (exact) mass is 411 g/mol. The zero-order valence-corrected chi connectivity index (χ0v) is 18.3. The van der Waals surface area contributed by atoms with Crippen molar-refractivity contribution in [2.24, 2.45) is 5.41 Å². The van der Waals surface area contributed by atoms with Gasteiger partial charge in [-0.25, -0.2) is 4.79 Å². The van der Waals surface area contributed by atoms with Crippen LogP contribution in [0.25, 0.3) is 0 Å². The lowest BCUT2D eigenvalue weighted by Gasteiger charge is -2.39. The first-order valence-electron chi connectivity index (χ1n) is 9.97. The molecule has 6 nitrogen and oxygen atoms in total. The summed E-state index contributed by atoms with van der Waals surface area (Å²) in [5.74, 6) is -0.0368. The van der Waals surface area contributed by atoms with E-state index in [1.165, 1.54) is 6.08 Å². The van der Waals surface area contributed by atoms with Crippen LogP contribution in [-0.2, 0) is 14.3 Å². The Morgan fingerprint density at radius 1 is 1.27 bits per heavy atom. The second-order valence-electron chi connectivity index (χ2n) is 8.40. The van der Waals surface area contributed by atoms with Crippen molar-refractivity contribution in [3.63, 3.8) is 0 Å². The molecule has 1 heterocycles. The van der Waals surface area contributed by atoms with Gasteiger partial charge in [-0.15, -0.1) is 0 Å². The molecular formula is C24H29NO5. The summed E-state index contributed by atoms with van der Waals surface area (Å²) in [5.41, 5.74) is 3.05. The Morgan fingerprint density at radius 2 is 2.00 bits per heavy atom. The number of ketones is 1. The highest BCUT2D eigenvalue weighted by atomic mass is 16.5. The topological polar surface area (TPSA) is 73.9 Å². The van der Waals surface area contributed by atoms with Crippen LogP contribution >= 0.6 is 0 Å². The Bertz CT molecular complexity index is 954. The van der Waals surface area contributed by atoms with Gasteiger partial charge < -0.3 is 19.5 Å². The molecule has 1 aliphatic carbocycles. The van der Waals surface area contributed by atoms with Gasteiger partial charge in [0.15, 0.2) is 17.3 Å². The van der Waals surface area contributed by atoms with E-state index in [-0.39, 0.29) is 17.8 Å². The van der Waals surface area contributed by atoms with E-state index in [4.69, 9.17) is 14.2 Å². The van der Waals surface area contributed by atoms with Crippen molar-refractivity contribution in [1.29, 1.82) is 0 Å². The second-order valence-corrected chi connectivity index (χ2v) is 8.40. The van der Waals surface area contributed by atoms with Gasteiger partial charge >= 0.3 is 5.97 Å². The fourth-order valence-corrected chi connectivity index (χ4v) is 4.37. The van der Waals surface area contributed by atoms with E-state index >= 15 is 0 Å². The van der Waals surface area contributed by atoms with Crippen LogP contribution in [0.2, 0.25) is 0 Å². The summed E-state index contributed by atoms with van der Waals surface area (Å²) in [6.45, 7) is 9.68. The van der Waals surface area contributed by atoms with Crippen molar-refractivity contribution in [3.05, 3.63) is 59.0 Å². The lowest BCUT2D eigenvalue weighted by atomic mass is 9.68. The zero-order chi connectivity index (χ0) is 22.1. The van der Waals surface area contributed by atoms with Crippen LogP contribution in [-0.4, -0.2) is 32.6 Å². The molecule has 0 radical (unpaired) electrons. The lowest BCUT2D eigenvalue weighted by molar-refractivity contribution is -0.138. The van der Waals surface area contributed by atoms with E-state index < -0.39 is 11.9 Å². The van der Waals surface area contributed by atoms with Crippen molar-refractivity contribution in [1.82, 2.24) is 5.32 Å². The minimum Gasteiger partial charge on any atom is -0.493 e. The molecule has 1 atom stereocenters. The maximum atomic E-state index is 13.3. The fourth-order valence-electron chi connectivity index (χ4n) is 4.37. The number of hydrogen-bond donors (Lipinski definition) is 1. The molecule has 30 heavy (non-hydrogen) atoms. The summed E-state index contributed by atoms with van der Waals surface area (Å²) in [7, 11) is 3.11. The molecule has 1 N–H and O–H groups in total. The van der Waals surface area contributed by atoms with Crippen molar-refractivity contribution in [2.75, 3.05) is 20.8 Å². The van der Waals surface area contributed by atoms with Crippen LogP contribution in [0, 0.1) is 5.41 Å². The summed E-state index contributed by atoms with van der Waals surface area (Å²) in [6.07, 6.45) is 2.64. The summed E-state index contributed by atoms with van der Waals surface area (Å²) >= 11 is 0. The van der Waals surface area contributed by atoms with Crippen LogP contribution < -0.4 is 14.8 Å². The fraction of sp³-hybridized carbons (Fsp3) is 0.417. The van der Waals surface area contributed by atoms with Gasteiger partial charge in [0.1, 0.15) is 6.61 Å². The van der Waals surface area contributed by atoms with Gasteiger partial charge in [-0.1, -0.05) is 38.6 Å². The highest BCUT2D eigenvalue weighted by molar-refractivity contribution is 6.04. The molecular weight excluding hydrogens is 382 g/mol. The minimum absolute atomic E-state index is 0.0187. The summed E-state index contributed by atoms with van der Waals surface area (Å²) in [4.78, 5) is 26.3.